The number of nitrogens with zero attached hydrogens (tertiary/aromatic N) is 1. The van der Waals surface area contributed by atoms with E-state index in [4.69, 9.17) is 16.7 Å². The third-order valence-electron chi connectivity index (χ3n) is 1.73. The van der Waals surface area contributed by atoms with Crippen molar-refractivity contribution in [2.24, 2.45) is 0 Å². The topological polar surface area (TPSA) is 33.1 Å². The van der Waals surface area contributed by atoms with Gasteiger partial charge in [0.15, 0.2) is 0 Å². The lowest BCUT2D eigenvalue weighted by molar-refractivity contribution is 0.473. The van der Waals surface area contributed by atoms with Gasteiger partial charge in [0, 0.05) is 5.39 Å². The van der Waals surface area contributed by atoms with Gasteiger partial charge in [-0.1, -0.05) is 11.6 Å². The van der Waals surface area contributed by atoms with Gasteiger partial charge in [0.05, 0.1) is 16.7 Å². The maximum Gasteiger partial charge on any atom is 0.134 e. The molecule has 0 amide bonds. The van der Waals surface area contributed by atoms with Gasteiger partial charge in [-0.3, -0.25) is 4.98 Å². The normalized spacial score (nSPS) is 10.6. The minimum Gasteiger partial charge on any atom is -0.506 e. The van der Waals surface area contributed by atoms with Gasteiger partial charge < -0.3 is 5.11 Å². The summed E-state index contributed by atoms with van der Waals surface area (Å²) in [5.74, 6) is -0.517. The van der Waals surface area contributed by atoms with Crippen molar-refractivity contribution in [2.45, 2.75) is 0 Å². The van der Waals surface area contributed by atoms with Gasteiger partial charge >= 0.3 is 0 Å². The molecule has 1 heterocycles. The molecule has 66 valence electrons. The van der Waals surface area contributed by atoms with Crippen LogP contribution in [-0.2, 0) is 0 Å². The lowest BCUT2D eigenvalue weighted by atomic mass is 10.2. The number of fused-ring (bicyclic) bond motifs is 1. The van der Waals surface area contributed by atoms with Gasteiger partial charge in [-0.15, -0.1) is 0 Å². The molecule has 1 aromatic carbocycles. The van der Waals surface area contributed by atoms with Crippen LogP contribution in [0, 0.1) is 5.82 Å². The zero-order chi connectivity index (χ0) is 9.42. The molecule has 0 aliphatic heterocycles. The van der Waals surface area contributed by atoms with Crippen molar-refractivity contribution in [3.05, 3.63) is 35.2 Å². The van der Waals surface area contributed by atoms with E-state index in [2.05, 4.69) is 4.98 Å². The fraction of sp³-hybridized carbons (Fsp3) is 0. The summed E-state index contributed by atoms with van der Waals surface area (Å²) in [5.41, 5.74) is 0.361. The second-order valence-electron chi connectivity index (χ2n) is 2.62. The van der Waals surface area contributed by atoms with Crippen LogP contribution in [0.15, 0.2) is 24.4 Å². The zero-order valence-electron chi connectivity index (χ0n) is 6.46. The number of benzene rings is 1. The van der Waals surface area contributed by atoms with Gasteiger partial charge in [-0.05, 0) is 18.2 Å². The van der Waals surface area contributed by atoms with Gasteiger partial charge in [0.2, 0.25) is 0 Å². The van der Waals surface area contributed by atoms with Crippen LogP contribution in [0.5, 0.6) is 5.75 Å². The lowest BCUT2D eigenvalue weighted by Gasteiger charge is -2.00. The second-order valence-corrected chi connectivity index (χ2v) is 3.03. The summed E-state index contributed by atoms with van der Waals surface area (Å²) in [6.45, 7) is 0. The Morgan fingerprint density at radius 3 is 2.92 bits per heavy atom. The van der Waals surface area contributed by atoms with Crippen LogP contribution in [0.2, 0.25) is 5.02 Å². The van der Waals surface area contributed by atoms with E-state index >= 15 is 0 Å². The van der Waals surface area contributed by atoms with Crippen molar-refractivity contribution in [2.75, 3.05) is 0 Å². The Hall–Kier alpha value is -1.35. The molecule has 2 nitrogen and oxygen atoms in total. The lowest BCUT2D eigenvalue weighted by Crippen LogP contribution is -1.83. The van der Waals surface area contributed by atoms with Crippen LogP contribution in [0.3, 0.4) is 0 Å². The van der Waals surface area contributed by atoms with Gasteiger partial charge in [0.25, 0.3) is 0 Å². The first-order valence-corrected chi connectivity index (χ1v) is 3.99. The van der Waals surface area contributed by atoms with Crippen molar-refractivity contribution in [1.29, 1.82) is 0 Å². The molecule has 0 aliphatic carbocycles. The summed E-state index contributed by atoms with van der Waals surface area (Å²) < 4.78 is 13.1. The molecular weight excluding hydrogens is 193 g/mol. The minimum atomic E-state index is -0.442. The van der Waals surface area contributed by atoms with E-state index in [1.54, 1.807) is 0 Å². The second kappa shape index (κ2) is 2.85. The molecule has 0 fully saturated rings. The highest BCUT2D eigenvalue weighted by molar-refractivity contribution is 6.35. The first kappa shape index (κ1) is 8.26. The van der Waals surface area contributed by atoms with E-state index in [-0.39, 0.29) is 11.1 Å². The van der Waals surface area contributed by atoms with Crippen molar-refractivity contribution in [3.8, 4) is 5.75 Å². The summed E-state index contributed by atoms with van der Waals surface area (Å²) in [6, 6.07) is 3.97. The fourth-order valence-corrected chi connectivity index (χ4v) is 1.35. The first-order chi connectivity index (χ1) is 6.18. The monoisotopic (exact) mass is 197 g/mol. The van der Waals surface area contributed by atoms with E-state index in [1.807, 2.05) is 0 Å². The molecule has 0 radical (unpaired) electrons. The van der Waals surface area contributed by atoms with Crippen LogP contribution in [0.25, 0.3) is 10.9 Å². The Morgan fingerprint density at radius 2 is 2.15 bits per heavy atom. The average molecular weight is 198 g/mol. The zero-order valence-corrected chi connectivity index (χ0v) is 7.22. The Bertz CT molecular complexity index is 472. The van der Waals surface area contributed by atoms with Gasteiger partial charge in [0.1, 0.15) is 11.6 Å². The van der Waals surface area contributed by atoms with Crippen LogP contribution in [0.4, 0.5) is 4.39 Å². The van der Waals surface area contributed by atoms with Crippen LogP contribution in [0.1, 0.15) is 0 Å². The standard InChI is InChI=1S/C9H5ClFNO/c10-7-1-2-8(11)6-3-5(13)4-12-9(6)7/h1-4,13H. The quantitative estimate of drug-likeness (QED) is 0.705. The number of halogens is 2. The molecule has 1 N–H and O–H groups in total. The highest BCUT2D eigenvalue weighted by Crippen LogP contribution is 2.26. The molecule has 0 unspecified atom stereocenters. The van der Waals surface area contributed by atoms with E-state index in [9.17, 15) is 4.39 Å². The molecule has 0 spiro atoms. The van der Waals surface area contributed by atoms with Gasteiger partial charge in [-0.25, -0.2) is 4.39 Å². The number of hydrogen-bond donors (Lipinski definition) is 1. The maximum atomic E-state index is 13.1. The number of pyridine rings is 1. The fourth-order valence-electron chi connectivity index (χ4n) is 1.14. The Labute approximate surface area is 78.6 Å². The predicted octanol–water partition coefficient (Wildman–Crippen LogP) is 2.73. The number of hydrogen-bond acceptors (Lipinski definition) is 2. The van der Waals surface area contributed by atoms with E-state index < -0.39 is 5.82 Å². The van der Waals surface area contributed by atoms with Crippen LogP contribution >= 0.6 is 11.6 Å². The van der Waals surface area contributed by atoms with Gasteiger partial charge in [-0.2, -0.15) is 0 Å². The number of aromatic nitrogens is 1. The predicted molar refractivity (Wildman–Crippen MR) is 48.4 cm³/mol. The van der Waals surface area contributed by atoms with Crippen molar-refractivity contribution in [1.82, 2.24) is 4.98 Å². The van der Waals surface area contributed by atoms with Crippen LogP contribution < -0.4 is 0 Å². The smallest absolute Gasteiger partial charge is 0.134 e. The summed E-state index contributed by atoms with van der Waals surface area (Å²) in [7, 11) is 0. The summed E-state index contributed by atoms with van der Waals surface area (Å²) in [6.07, 6.45) is 1.23. The highest BCUT2D eigenvalue weighted by atomic mass is 35.5. The maximum absolute atomic E-state index is 13.1. The largest absolute Gasteiger partial charge is 0.506 e. The minimum absolute atomic E-state index is 0.0753. The molecule has 0 bridgehead atoms. The summed E-state index contributed by atoms with van der Waals surface area (Å²) in [5, 5.41) is 9.67. The highest BCUT2D eigenvalue weighted by Gasteiger charge is 2.05. The average Bonchev–Trinajstić information content (AvgIpc) is 2.12. The Kier molecular flexibility index (Phi) is 1.81. The summed E-state index contributed by atoms with van der Waals surface area (Å²) in [4.78, 5) is 3.82. The Morgan fingerprint density at radius 1 is 1.38 bits per heavy atom. The summed E-state index contributed by atoms with van der Waals surface area (Å²) >= 11 is 5.77. The number of rotatable bonds is 0. The first-order valence-electron chi connectivity index (χ1n) is 3.61. The van der Waals surface area contributed by atoms with E-state index in [1.165, 1.54) is 24.4 Å². The van der Waals surface area contributed by atoms with E-state index in [0.717, 1.165) is 0 Å². The Balaban J connectivity index is 2.92. The molecular formula is C9H5ClFNO. The molecule has 0 saturated heterocycles. The van der Waals surface area contributed by atoms with E-state index in [0.29, 0.717) is 10.5 Å². The molecule has 2 aromatic rings. The molecule has 0 atom stereocenters. The number of aromatic hydroxyl groups is 1. The molecule has 0 aliphatic rings. The third-order valence-corrected chi connectivity index (χ3v) is 2.04. The molecule has 4 heteroatoms. The van der Waals surface area contributed by atoms with Crippen molar-refractivity contribution >= 4 is 22.5 Å². The van der Waals surface area contributed by atoms with Crippen LogP contribution in [-0.4, -0.2) is 10.1 Å². The molecule has 2 rings (SSSR count). The molecule has 13 heavy (non-hydrogen) atoms. The molecule has 0 saturated carbocycles. The van der Waals surface area contributed by atoms with Crippen molar-refractivity contribution in [3.63, 3.8) is 0 Å². The SMILES string of the molecule is Oc1cnc2c(Cl)ccc(F)c2c1. The third kappa shape index (κ3) is 1.31. The molecule has 1 aromatic heterocycles. The van der Waals surface area contributed by atoms with Crippen molar-refractivity contribution < 1.29 is 9.50 Å².